The molecule has 0 aliphatic carbocycles. The summed E-state index contributed by atoms with van der Waals surface area (Å²) in [6, 6.07) is 6.08. The van der Waals surface area contributed by atoms with Crippen molar-refractivity contribution in [2.24, 2.45) is 0 Å². The van der Waals surface area contributed by atoms with Gasteiger partial charge in [-0.15, -0.1) is 0 Å². The predicted molar refractivity (Wildman–Crippen MR) is 136 cm³/mol. The van der Waals surface area contributed by atoms with E-state index in [9.17, 15) is 18.6 Å². The first-order valence-electron chi connectivity index (χ1n) is 11.2. The molecule has 0 spiro atoms. The van der Waals surface area contributed by atoms with Gasteiger partial charge in [0.2, 0.25) is 17.5 Å². The summed E-state index contributed by atoms with van der Waals surface area (Å²) in [5, 5.41) is 6.15. The normalized spacial score (nSPS) is 15.1. The smallest absolute Gasteiger partial charge is 0.777 e. The molecule has 2 aromatic heterocycles. The summed E-state index contributed by atoms with van der Waals surface area (Å²) in [5.74, 6) is -0.911. The zero-order valence-corrected chi connectivity index (χ0v) is 25.7. The molecule has 1 aromatic carbocycles. The summed E-state index contributed by atoms with van der Waals surface area (Å²) in [6.45, 7) is 3.71. The van der Waals surface area contributed by atoms with Crippen LogP contribution in [0.1, 0.15) is 13.8 Å². The maximum Gasteiger partial charge on any atom is 1.00 e. The van der Waals surface area contributed by atoms with Crippen molar-refractivity contribution < 1.29 is 71.8 Å². The van der Waals surface area contributed by atoms with Gasteiger partial charge in [-0.05, 0) is 26.0 Å². The fraction of sp³-hybridized carbons (Fsp3) is 0.304. The minimum Gasteiger partial charge on any atom is -0.777 e. The van der Waals surface area contributed by atoms with Gasteiger partial charge in [0.15, 0.2) is 42.1 Å². The van der Waals surface area contributed by atoms with Crippen molar-refractivity contribution in [3.63, 3.8) is 0 Å². The van der Waals surface area contributed by atoms with E-state index in [0.717, 1.165) is 12.9 Å². The van der Waals surface area contributed by atoms with Gasteiger partial charge in [-0.2, -0.15) is 10.0 Å². The van der Waals surface area contributed by atoms with Crippen LogP contribution < -0.4 is 69.1 Å². The first-order chi connectivity index (χ1) is 18.3. The second-order valence-corrected chi connectivity index (χ2v) is 10.3. The number of aromatic nitrogens is 3. The third kappa shape index (κ3) is 6.74. The zero-order chi connectivity index (χ0) is 28.5. The van der Waals surface area contributed by atoms with E-state index in [1.165, 1.54) is 47.3 Å². The fourth-order valence-electron chi connectivity index (χ4n) is 3.53. The van der Waals surface area contributed by atoms with E-state index in [1.54, 1.807) is 12.1 Å². The van der Waals surface area contributed by atoms with Crippen molar-refractivity contribution in [2.75, 3.05) is 43.7 Å². The Balaban J connectivity index is 0.00000441. The molecule has 0 fully saturated rings. The van der Waals surface area contributed by atoms with Crippen LogP contribution in [0.4, 0.5) is 33.5 Å². The third-order valence-corrected chi connectivity index (χ3v) is 5.70. The van der Waals surface area contributed by atoms with Crippen molar-refractivity contribution >= 4 is 42.6 Å². The van der Waals surface area contributed by atoms with Crippen molar-refractivity contribution in [3.05, 3.63) is 36.3 Å². The van der Waals surface area contributed by atoms with Crippen LogP contribution in [-0.2, 0) is 14.0 Å². The molecular formula is C23H25FN6NaO8P. The average Bonchev–Trinajstić information content (AvgIpc) is 2.87. The average molecular weight is 586 g/mol. The van der Waals surface area contributed by atoms with Gasteiger partial charge in [-0.3, -0.25) is 4.79 Å². The summed E-state index contributed by atoms with van der Waals surface area (Å²) in [4.78, 5) is 36.9. The van der Waals surface area contributed by atoms with Gasteiger partial charge in [0.05, 0.1) is 27.5 Å². The molecule has 0 radical (unpaired) electrons. The van der Waals surface area contributed by atoms with Gasteiger partial charge >= 0.3 is 29.6 Å². The molecule has 1 unspecified atom stereocenters. The Morgan fingerprint density at radius 2 is 1.73 bits per heavy atom. The van der Waals surface area contributed by atoms with E-state index in [1.807, 2.05) is 0 Å². The van der Waals surface area contributed by atoms with Gasteiger partial charge in [0.1, 0.15) is 5.82 Å². The van der Waals surface area contributed by atoms with Crippen LogP contribution in [0.15, 0.2) is 30.5 Å². The number of hydrogen-bond acceptors (Lipinski definition) is 13. The number of hydrogen-bond donors (Lipinski definition) is 2. The Kier molecular flexibility index (Phi) is 9.50. The number of amides is 1. The van der Waals surface area contributed by atoms with Crippen LogP contribution in [0.5, 0.6) is 23.0 Å². The van der Waals surface area contributed by atoms with E-state index < -0.39 is 24.9 Å². The van der Waals surface area contributed by atoms with Crippen LogP contribution in [0, 0.1) is 5.82 Å². The van der Waals surface area contributed by atoms with Crippen molar-refractivity contribution in [3.8, 4) is 23.0 Å². The first kappa shape index (κ1) is 31.3. The topological polar surface area (TPSA) is 169 Å². The molecule has 1 aliphatic rings. The molecule has 0 bridgehead atoms. The van der Waals surface area contributed by atoms with Crippen molar-refractivity contribution in [2.45, 2.75) is 19.4 Å². The zero-order valence-electron chi connectivity index (χ0n) is 22.8. The van der Waals surface area contributed by atoms with Crippen LogP contribution in [-0.4, -0.2) is 54.5 Å². The standard InChI is InChI=1S/C23H26FN6O8P.Na/c1-23(2)21(31)30(38-39(6,32)33)20-14(37-23)7-8-17(28-20)27-19-13(24)11-25-22(29-19)26-12-9-15(34-3)18(36-5)16(10-12)35-4;/h7-11H,1-6H3,(H,32,33)(H2,25,26,27,28,29);/q;+1/p-1. The van der Waals surface area contributed by atoms with E-state index in [-0.39, 0.29) is 58.7 Å². The largest absolute Gasteiger partial charge is 1.00 e. The van der Waals surface area contributed by atoms with Crippen LogP contribution in [0.25, 0.3) is 0 Å². The number of benzene rings is 1. The van der Waals surface area contributed by atoms with Gasteiger partial charge < -0.3 is 39.0 Å². The number of carbonyl (C=O) groups is 1. The van der Waals surface area contributed by atoms with Crippen molar-refractivity contribution in [1.82, 2.24) is 15.0 Å². The number of hydroxylamine groups is 1. The second kappa shape index (κ2) is 12.1. The van der Waals surface area contributed by atoms with Gasteiger partial charge in [0.25, 0.3) is 5.91 Å². The van der Waals surface area contributed by atoms with E-state index in [2.05, 4.69) is 25.6 Å². The summed E-state index contributed by atoms with van der Waals surface area (Å²) >= 11 is 0. The molecule has 0 saturated heterocycles. The Morgan fingerprint density at radius 3 is 2.30 bits per heavy atom. The molecule has 208 valence electrons. The number of carbonyl (C=O) groups excluding carboxylic acids is 1. The van der Waals surface area contributed by atoms with Crippen LogP contribution >= 0.6 is 7.60 Å². The number of nitrogens with zero attached hydrogens (tertiary/aromatic N) is 4. The molecule has 3 heterocycles. The third-order valence-electron chi connectivity index (χ3n) is 5.24. The molecule has 4 rings (SSSR count). The van der Waals surface area contributed by atoms with E-state index in [0.29, 0.717) is 28.0 Å². The molecule has 17 heteroatoms. The molecular weight excluding hydrogens is 561 g/mol. The molecule has 1 amide bonds. The molecule has 1 atom stereocenters. The molecule has 14 nitrogen and oxygen atoms in total. The van der Waals surface area contributed by atoms with Gasteiger partial charge in [-0.1, -0.05) is 0 Å². The molecule has 0 saturated carbocycles. The number of anilines is 5. The Bertz CT molecular complexity index is 1450. The van der Waals surface area contributed by atoms with E-state index >= 15 is 0 Å². The van der Waals surface area contributed by atoms with Crippen LogP contribution in [0.3, 0.4) is 0 Å². The number of rotatable bonds is 9. The van der Waals surface area contributed by atoms with Crippen LogP contribution in [0.2, 0.25) is 0 Å². The molecule has 3 aromatic rings. The Morgan fingerprint density at radius 1 is 1.07 bits per heavy atom. The SMILES string of the molecule is COc1cc(Nc2ncc(F)c(Nc3ccc4c(n3)N(OP(C)(=O)[O-])C(=O)C(C)(C)O4)n2)cc(OC)c1OC.[Na+]. The Hall–Kier alpha value is -3.20. The fourth-order valence-corrected chi connectivity index (χ4v) is 3.98. The van der Waals surface area contributed by atoms with E-state index in [4.69, 9.17) is 23.6 Å². The number of methoxy groups -OCH3 is 3. The first-order valence-corrected chi connectivity index (χ1v) is 13.2. The minimum absolute atomic E-state index is 0. The summed E-state index contributed by atoms with van der Waals surface area (Å²) in [6.07, 6.45) is 0.934. The number of fused-ring (bicyclic) bond motifs is 1. The number of halogens is 1. The van der Waals surface area contributed by atoms with Gasteiger partial charge in [-0.25, -0.2) is 19.0 Å². The number of nitrogens with one attached hydrogen (secondary N) is 2. The molecule has 40 heavy (non-hydrogen) atoms. The monoisotopic (exact) mass is 586 g/mol. The number of ether oxygens (including phenoxy) is 4. The Labute approximate surface area is 250 Å². The van der Waals surface area contributed by atoms with Gasteiger partial charge in [0, 0.05) is 24.5 Å². The van der Waals surface area contributed by atoms with Crippen molar-refractivity contribution in [1.29, 1.82) is 0 Å². The maximum absolute atomic E-state index is 14.6. The molecule has 1 aliphatic heterocycles. The summed E-state index contributed by atoms with van der Waals surface area (Å²) in [5.41, 5.74) is -0.966. The maximum atomic E-state index is 14.6. The molecule has 2 N–H and O–H groups in total. The number of pyridine rings is 1. The second-order valence-electron chi connectivity index (χ2n) is 8.64. The quantitative estimate of drug-likeness (QED) is 0.257. The summed E-state index contributed by atoms with van der Waals surface area (Å²) < 4.78 is 53.0. The minimum atomic E-state index is -4.41. The predicted octanol–water partition coefficient (Wildman–Crippen LogP) is 0.147. The summed E-state index contributed by atoms with van der Waals surface area (Å²) in [7, 11) is -0.00750.